The van der Waals surface area contributed by atoms with Gasteiger partial charge in [-0.05, 0) is 42.9 Å². The molecule has 128 valence electrons. The molecule has 4 heteroatoms. The SMILES string of the molecule is COc1ccc(/C2=C/CCC(C)/C=C\C(C(=O)O)=C/C2)c(OC)c1. The Morgan fingerprint density at radius 1 is 1.21 bits per heavy atom. The third kappa shape index (κ3) is 4.51. The number of hydrogen-bond acceptors (Lipinski definition) is 3. The fourth-order valence-corrected chi connectivity index (χ4v) is 2.70. The van der Waals surface area contributed by atoms with Crippen molar-refractivity contribution in [3.8, 4) is 11.5 Å². The molecule has 1 unspecified atom stereocenters. The Balaban J connectivity index is 2.42. The van der Waals surface area contributed by atoms with Crippen LogP contribution in [-0.2, 0) is 4.79 Å². The lowest BCUT2D eigenvalue weighted by Crippen LogP contribution is -2.01. The van der Waals surface area contributed by atoms with Gasteiger partial charge in [0.1, 0.15) is 11.5 Å². The lowest BCUT2D eigenvalue weighted by Gasteiger charge is -2.14. The van der Waals surface area contributed by atoms with Crippen LogP contribution in [0.5, 0.6) is 11.5 Å². The number of methoxy groups -OCH3 is 2. The van der Waals surface area contributed by atoms with Gasteiger partial charge in [0.05, 0.1) is 19.8 Å². The zero-order valence-electron chi connectivity index (χ0n) is 14.4. The molecule has 1 aromatic carbocycles. The highest BCUT2D eigenvalue weighted by Gasteiger charge is 2.12. The maximum absolute atomic E-state index is 11.4. The Morgan fingerprint density at radius 3 is 2.67 bits per heavy atom. The zero-order valence-corrected chi connectivity index (χ0v) is 14.4. The van der Waals surface area contributed by atoms with E-state index in [1.165, 1.54) is 0 Å². The van der Waals surface area contributed by atoms with Gasteiger partial charge in [0, 0.05) is 11.6 Å². The lowest BCUT2D eigenvalue weighted by atomic mass is 9.95. The van der Waals surface area contributed by atoms with E-state index in [1.807, 2.05) is 24.3 Å². The molecule has 1 aliphatic rings. The van der Waals surface area contributed by atoms with Crippen LogP contribution in [0.25, 0.3) is 5.57 Å². The van der Waals surface area contributed by atoms with E-state index in [-0.39, 0.29) is 0 Å². The molecule has 0 aromatic heterocycles. The summed E-state index contributed by atoms with van der Waals surface area (Å²) in [5.74, 6) is 0.891. The monoisotopic (exact) mass is 328 g/mol. The van der Waals surface area contributed by atoms with Crippen molar-refractivity contribution in [3.05, 3.63) is 53.6 Å². The van der Waals surface area contributed by atoms with Crippen molar-refractivity contribution in [2.24, 2.45) is 5.92 Å². The van der Waals surface area contributed by atoms with E-state index in [1.54, 1.807) is 26.4 Å². The number of rotatable bonds is 4. The minimum Gasteiger partial charge on any atom is -0.497 e. The van der Waals surface area contributed by atoms with Crippen LogP contribution in [0.4, 0.5) is 0 Å². The Labute approximate surface area is 143 Å². The topological polar surface area (TPSA) is 55.8 Å². The van der Waals surface area contributed by atoms with Gasteiger partial charge in [-0.3, -0.25) is 0 Å². The van der Waals surface area contributed by atoms with Gasteiger partial charge >= 0.3 is 5.97 Å². The molecule has 1 aromatic rings. The Hall–Kier alpha value is -2.49. The molecule has 0 fully saturated rings. The first-order valence-corrected chi connectivity index (χ1v) is 8.08. The van der Waals surface area contributed by atoms with E-state index >= 15 is 0 Å². The predicted octanol–water partition coefficient (Wildman–Crippen LogP) is 4.47. The molecular weight excluding hydrogens is 304 g/mol. The van der Waals surface area contributed by atoms with E-state index in [0.717, 1.165) is 35.5 Å². The van der Waals surface area contributed by atoms with Crippen molar-refractivity contribution in [1.82, 2.24) is 0 Å². The van der Waals surface area contributed by atoms with Crippen molar-refractivity contribution >= 4 is 11.5 Å². The van der Waals surface area contributed by atoms with Crippen LogP contribution in [0, 0.1) is 5.92 Å². The second kappa shape index (κ2) is 8.39. The summed E-state index contributed by atoms with van der Waals surface area (Å²) in [5, 5.41) is 9.35. The molecule has 0 heterocycles. The number of aliphatic carboxylic acids is 1. The van der Waals surface area contributed by atoms with Gasteiger partial charge in [-0.15, -0.1) is 0 Å². The molecule has 0 saturated heterocycles. The minimum absolute atomic E-state index is 0.321. The van der Waals surface area contributed by atoms with E-state index < -0.39 is 5.97 Å². The standard InChI is InChI=1S/C20H24O4/c1-14-5-4-6-15(9-10-16(8-7-14)20(21)22)18-12-11-17(23-2)13-19(18)24-3/h6-8,10-14H,4-5,9H2,1-3H3,(H,21,22)/b8-7-,15-6+,16-10+. The smallest absolute Gasteiger partial charge is 0.335 e. The van der Waals surface area contributed by atoms with Crippen LogP contribution in [0.3, 0.4) is 0 Å². The molecule has 1 N–H and O–H groups in total. The molecule has 1 atom stereocenters. The summed E-state index contributed by atoms with van der Waals surface area (Å²) in [4.78, 5) is 11.4. The summed E-state index contributed by atoms with van der Waals surface area (Å²) in [6.07, 6.45) is 10.1. The van der Waals surface area contributed by atoms with Crippen molar-refractivity contribution in [2.75, 3.05) is 14.2 Å². The molecule has 0 saturated carbocycles. The highest BCUT2D eigenvalue weighted by Crippen LogP contribution is 2.33. The molecule has 4 nitrogen and oxygen atoms in total. The molecule has 0 amide bonds. The van der Waals surface area contributed by atoms with Gasteiger partial charge in [0.2, 0.25) is 0 Å². The number of carboxylic acids is 1. The zero-order chi connectivity index (χ0) is 17.5. The quantitative estimate of drug-likeness (QED) is 0.885. The number of carbonyl (C=O) groups is 1. The largest absolute Gasteiger partial charge is 0.497 e. The molecule has 0 bridgehead atoms. The first-order chi connectivity index (χ1) is 11.5. The highest BCUT2D eigenvalue weighted by atomic mass is 16.5. The van der Waals surface area contributed by atoms with E-state index in [9.17, 15) is 9.90 Å². The van der Waals surface area contributed by atoms with Crippen LogP contribution in [-0.4, -0.2) is 25.3 Å². The summed E-state index contributed by atoms with van der Waals surface area (Å²) in [5.41, 5.74) is 2.36. The first kappa shape index (κ1) is 17.9. The van der Waals surface area contributed by atoms with Crippen molar-refractivity contribution < 1.29 is 19.4 Å². The molecule has 2 rings (SSSR count). The molecule has 1 aliphatic carbocycles. The van der Waals surface area contributed by atoms with Crippen LogP contribution in [0.15, 0.2) is 48.1 Å². The Morgan fingerprint density at radius 2 is 2.00 bits per heavy atom. The van der Waals surface area contributed by atoms with Gasteiger partial charge in [-0.1, -0.05) is 31.2 Å². The summed E-state index contributed by atoms with van der Waals surface area (Å²) < 4.78 is 10.7. The van der Waals surface area contributed by atoms with Gasteiger partial charge in [0.25, 0.3) is 0 Å². The maximum Gasteiger partial charge on any atom is 0.335 e. The molecule has 0 spiro atoms. The van der Waals surface area contributed by atoms with Crippen LogP contribution < -0.4 is 9.47 Å². The first-order valence-electron chi connectivity index (χ1n) is 8.08. The Bertz CT molecular complexity index is 683. The van der Waals surface area contributed by atoms with Gasteiger partial charge in [0.15, 0.2) is 0 Å². The fraction of sp³-hybridized carbons (Fsp3) is 0.350. The van der Waals surface area contributed by atoms with Crippen LogP contribution in [0.2, 0.25) is 0 Å². The average Bonchev–Trinajstić information content (AvgIpc) is 2.59. The van der Waals surface area contributed by atoms with Crippen LogP contribution in [0.1, 0.15) is 31.7 Å². The summed E-state index contributed by atoms with van der Waals surface area (Å²) >= 11 is 0. The third-order valence-electron chi connectivity index (χ3n) is 4.16. The van der Waals surface area contributed by atoms with E-state index in [2.05, 4.69) is 13.0 Å². The maximum atomic E-state index is 11.4. The number of ether oxygens (including phenoxy) is 2. The van der Waals surface area contributed by atoms with Crippen molar-refractivity contribution in [1.29, 1.82) is 0 Å². The Kier molecular flexibility index (Phi) is 6.24. The number of hydrogen-bond donors (Lipinski definition) is 1. The van der Waals surface area contributed by atoms with Crippen molar-refractivity contribution in [2.45, 2.75) is 26.2 Å². The summed E-state index contributed by atoms with van der Waals surface area (Å²) in [6, 6.07) is 5.70. The number of carboxylic acid groups (broad SMARTS) is 1. The van der Waals surface area contributed by atoms with E-state index in [0.29, 0.717) is 17.9 Å². The summed E-state index contributed by atoms with van der Waals surface area (Å²) in [7, 11) is 3.25. The molecular formula is C20H24O4. The van der Waals surface area contributed by atoms with Crippen molar-refractivity contribution in [3.63, 3.8) is 0 Å². The highest BCUT2D eigenvalue weighted by molar-refractivity contribution is 5.90. The summed E-state index contributed by atoms with van der Waals surface area (Å²) in [6.45, 7) is 2.10. The number of benzene rings is 1. The second-order valence-corrected chi connectivity index (χ2v) is 5.88. The predicted molar refractivity (Wildman–Crippen MR) is 95.4 cm³/mol. The average molecular weight is 328 g/mol. The van der Waals surface area contributed by atoms with Gasteiger partial charge in [-0.25, -0.2) is 4.79 Å². The normalized spacial score (nSPS) is 24.0. The number of allylic oxidation sites excluding steroid dienone is 4. The third-order valence-corrected chi connectivity index (χ3v) is 4.16. The second-order valence-electron chi connectivity index (χ2n) is 5.88. The molecule has 24 heavy (non-hydrogen) atoms. The van der Waals surface area contributed by atoms with Gasteiger partial charge in [-0.2, -0.15) is 0 Å². The molecule has 0 aliphatic heterocycles. The van der Waals surface area contributed by atoms with E-state index in [4.69, 9.17) is 9.47 Å². The molecule has 0 radical (unpaired) electrons. The minimum atomic E-state index is -0.903. The van der Waals surface area contributed by atoms with Crippen LogP contribution >= 0.6 is 0 Å². The van der Waals surface area contributed by atoms with Gasteiger partial charge < -0.3 is 14.6 Å². The lowest BCUT2D eigenvalue weighted by molar-refractivity contribution is -0.132. The fourth-order valence-electron chi connectivity index (χ4n) is 2.70.